The third-order valence-corrected chi connectivity index (χ3v) is 3.92. The second kappa shape index (κ2) is 9.25. The van der Waals surface area contributed by atoms with E-state index in [1.807, 2.05) is 21.2 Å². The summed E-state index contributed by atoms with van der Waals surface area (Å²) in [6, 6.07) is 5.83. The third kappa shape index (κ3) is 4.85. The Morgan fingerprint density at radius 3 is 2.92 bits per heavy atom. The number of ether oxygens (including phenoxy) is 2. The van der Waals surface area contributed by atoms with E-state index in [0.717, 1.165) is 15.3 Å². The monoisotopic (exact) mass is 466 g/mol. The van der Waals surface area contributed by atoms with Crippen molar-refractivity contribution in [3.8, 4) is 5.75 Å². The number of esters is 1. The van der Waals surface area contributed by atoms with Gasteiger partial charge in [-0.05, 0) is 19.1 Å². The molecule has 0 bridgehead atoms. The minimum Gasteiger partial charge on any atom is -0.490 e. The number of carbonyl (C=O) groups excluding carboxylic acids is 1. The number of aliphatic hydroxyl groups is 1. The molecule has 24 heavy (non-hydrogen) atoms. The molecule has 2 aromatic rings. The fourth-order valence-corrected chi connectivity index (χ4v) is 2.59. The summed E-state index contributed by atoms with van der Waals surface area (Å²) in [6.07, 6.45) is -0.839. The normalized spacial score (nSPS) is 12.1. The number of benzene rings is 1. The van der Waals surface area contributed by atoms with Crippen LogP contribution in [0.1, 0.15) is 17.5 Å². The standard InChI is InChI=1S/C15H15IO7S/c1-2-20-15(19)13-6-10(18)14-11(4-3-5-12(14)23-13)21-7-9(17)8-22-24-16/h3-6,9,17H,2,7-8H2,1H3. The summed E-state index contributed by atoms with van der Waals surface area (Å²) in [6.45, 7) is 1.89. The first-order valence-corrected chi connectivity index (χ1v) is 10.3. The van der Waals surface area contributed by atoms with E-state index in [-0.39, 0.29) is 42.3 Å². The van der Waals surface area contributed by atoms with E-state index in [0.29, 0.717) is 0 Å². The van der Waals surface area contributed by atoms with Gasteiger partial charge in [0, 0.05) is 27.3 Å². The molecule has 0 spiro atoms. The van der Waals surface area contributed by atoms with Crippen molar-refractivity contribution in [3.63, 3.8) is 0 Å². The zero-order valence-corrected chi connectivity index (χ0v) is 15.7. The molecule has 0 aliphatic carbocycles. The fourth-order valence-electron chi connectivity index (χ4n) is 1.94. The average molecular weight is 466 g/mol. The van der Waals surface area contributed by atoms with Gasteiger partial charge in [-0.25, -0.2) is 4.79 Å². The molecule has 0 aliphatic rings. The fraction of sp³-hybridized carbons (Fsp3) is 0.333. The van der Waals surface area contributed by atoms with Gasteiger partial charge >= 0.3 is 5.97 Å². The summed E-state index contributed by atoms with van der Waals surface area (Å²) < 4.78 is 20.7. The summed E-state index contributed by atoms with van der Waals surface area (Å²) >= 11 is 1.94. The molecule has 2 rings (SSSR count). The van der Waals surface area contributed by atoms with Gasteiger partial charge in [-0.3, -0.25) is 4.79 Å². The molecule has 0 saturated heterocycles. The van der Waals surface area contributed by atoms with E-state index in [9.17, 15) is 14.7 Å². The molecule has 0 saturated carbocycles. The van der Waals surface area contributed by atoms with E-state index >= 15 is 0 Å². The van der Waals surface area contributed by atoms with E-state index in [4.69, 9.17) is 18.1 Å². The highest BCUT2D eigenvalue weighted by atomic mass is 127. The van der Waals surface area contributed by atoms with Gasteiger partial charge < -0.3 is 23.2 Å². The van der Waals surface area contributed by atoms with Gasteiger partial charge in [0.05, 0.1) is 22.4 Å². The lowest BCUT2D eigenvalue weighted by Crippen LogP contribution is -2.22. The number of aliphatic hydroxyl groups excluding tert-OH is 1. The largest absolute Gasteiger partial charge is 0.490 e. The van der Waals surface area contributed by atoms with Crippen molar-refractivity contribution in [1.29, 1.82) is 0 Å². The Morgan fingerprint density at radius 1 is 1.42 bits per heavy atom. The molecule has 7 nitrogen and oxygen atoms in total. The molecule has 0 radical (unpaired) electrons. The second-order valence-corrected chi connectivity index (χ2v) is 6.08. The summed E-state index contributed by atoms with van der Waals surface area (Å²) in [5.74, 6) is -0.608. The van der Waals surface area contributed by atoms with Crippen LogP contribution in [0.5, 0.6) is 5.75 Å². The van der Waals surface area contributed by atoms with Gasteiger partial charge in [-0.2, -0.15) is 0 Å². The zero-order chi connectivity index (χ0) is 17.5. The van der Waals surface area contributed by atoms with Crippen LogP contribution < -0.4 is 10.2 Å². The van der Waals surface area contributed by atoms with E-state index in [1.54, 1.807) is 25.1 Å². The Kier molecular flexibility index (Phi) is 7.34. The Balaban J connectivity index is 2.26. The van der Waals surface area contributed by atoms with Crippen LogP contribution in [-0.4, -0.2) is 37.0 Å². The average Bonchev–Trinajstić information content (AvgIpc) is 2.57. The van der Waals surface area contributed by atoms with Crippen LogP contribution in [0.15, 0.2) is 33.5 Å². The van der Waals surface area contributed by atoms with Crippen LogP contribution >= 0.6 is 30.4 Å². The quantitative estimate of drug-likeness (QED) is 0.361. The smallest absolute Gasteiger partial charge is 0.374 e. The Bertz CT molecular complexity index is 761. The predicted molar refractivity (Wildman–Crippen MR) is 97.5 cm³/mol. The topological polar surface area (TPSA) is 95.2 Å². The van der Waals surface area contributed by atoms with E-state index in [1.165, 1.54) is 0 Å². The highest BCUT2D eigenvalue weighted by Crippen LogP contribution is 2.24. The lowest BCUT2D eigenvalue weighted by Gasteiger charge is -2.12. The molecule has 0 aliphatic heterocycles. The number of hydrogen-bond acceptors (Lipinski definition) is 8. The Hall–Kier alpha value is -1.30. The van der Waals surface area contributed by atoms with Crippen molar-refractivity contribution in [3.05, 3.63) is 40.2 Å². The first-order chi connectivity index (χ1) is 11.6. The van der Waals surface area contributed by atoms with Crippen molar-refractivity contribution >= 4 is 47.4 Å². The minimum atomic E-state index is -0.839. The van der Waals surface area contributed by atoms with Gasteiger partial charge in [-0.1, -0.05) is 6.07 Å². The van der Waals surface area contributed by atoms with Gasteiger partial charge in [-0.15, -0.1) is 0 Å². The predicted octanol–water partition coefficient (Wildman–Crippen LogP) is 2.72. The molecular weight excluding hydrogens is 451 g/mol. The minimum absolute atomic E-state index is 0.0462. The van der Waals surface area contributed by atoms with Gasteiger partial charge in [0.1, 0.15) is 29.4 Å². The lowest BCUT2D eigenvalue weighted by molar-refractivity contribution is 0.0490. The van der Waals surface area contributed by atoms with Crippen LogP contribution in [-0.2, 0) is 8.92 Å². The molecule has 0 amide bonds. The number of fused-ring (bicyclic) bond motifs is 1. The first-order valence-electron chi connectivity index (χ1n) is 7.01. The Morgan fingerprint density at radius 2 is 2.21 bits per heavy atom. The highest BCUT2D eigenvalue weighted by Gasteiger charge is 2.16. The number of rotatable bonds is 8. The lowest BCUT2D eigenvalue weighted by atomic mass is 10.2. The third-order valence-electron chi connectivity index (χ3n) is 2.93. The van der Waals surface area contributed by atoms with Crippen LogP contribution in [0.2, 0.25) is 0 Å². The Labute approximate surface area is 154 Å². The van der Waals surface area contributed by atoms with Crippen LogP contribution in [0.4, 0.5) is 0 Å². The van der Waals surface area contributed by atoms with Gasteiger partial charge in [0.15, 0.2) is 5.43 Å². The molecule has 1 unspecified atom stereocenters. The van der Waals surface area contributed by atoms with Gasteiger partial charge in [0.2, 0.25) is 5.76 Å². The van der Waals surface area contributed by atoms with Crippen LogP contribution in [0, 0.1) is 0 Å². The van der Waals surface area contributed by atoms with Crippen molar-refractivity contribution < 1.29 is 28.0 Å². The van der Waals surface area contributed by atoms with Crippen molar-refractivity contribution in [2.24, 2.45) is 0 Å². The highest BCUT2D eigenvalue weighted by molar-refractivity contribution is 14.2. The molecule has 0 fully saturated rings. The van der Waals surface area contributed by atoms with E-state index < -0.39 is 17.5 Å². The molecule has 130 valence electrons. The summed E-state index contributed by atoms with van der Waals surface area (Å²) in [5.41, 5.74) is -0.222. The molecule has 1 atom stereocenters. The first kappa shape index (κ1) is 19.0. The van der Waals surface area contributed by atoms with Crippen LogP contribution in [0.3, 0.4) is 0 Å². The van der Waals surface area contributed by atoms with Crippen molar-refractivity contribution in [2.75, 3.05) is 19.8 Å². The van der Waals surface area contributed by atoms with Crippen molar-refractivity contribution in [1.82, 2.24) is 0 Å². The number of hydrogen-bond donors (Lipinski definition) is 1. The summed E-state index contributed by atoms with van der Waals surface area (Å²) in [4.78, 5) is 24.0. The SMILES string of the molecule is CCOC(=O)c1cc(=O)c2c(OCC(O)COSI)cccc2o1. The number of halogens is 1. The maximum absolute atomic E-state index is 12.3. The molecule has 1 N–H and O–H groups in total. The molecule has 1 aromatic heterocycles. The summed E-state index contributed by atoms with van der Waals surface area (Å²) in [7, 11) is 1.11. The van der Waals surface area contributed by atoms with Crippen molar-refractivity contribution in [2.45, 2.75) is 13.0 Å². The second-order valence-electron chi connectivity index (χ2n) is 4.64. The maximum atomic E-state index is 12.3. The maximum Gasteiger partial charge on any atom is 0.374 e. The van der Waals surface area contributed by atoms with Crippen LogP contribution in [0.25, 0.3) is 11.0 Å². The van der Waals surface area contributed by atoms with Gasteiger partial charge in [0.25, 0.3) is 0 Å². The zero-order valence-electron chi connectivity index (χ0n) is 12.7. The summed E-state index contributed by atoms with van der Waals surface area (Å²) in [5, 5.41) is 9.93. The molecule has 9 heteroatoms. The molecule has 1 heterocycles. The molecular formula is C15H15IO7S. The number of carbonyl (C=O) groups is 1. The molecule has 1 aromatic carbocycles. The van der Waals surface area contributed by atoms with E-state index in [2.05, 4.69) is 0 Å².